The van der Waals surface area contributed by atoms with E-state index in [1.807, 2.05) is 24.3 Å². The highest BCUT2D eigenvalue weighted by Gasteiger charge is 2.37. The summed E-state index contributed by atoms with van der Waals surface area (Å²) in [5, 5.41) is 3.10. The molecule has 2 aromatic rings. The van der Waals surface area contributed by atoms with Crippen molar-refractivity contribution >= 4 is 27.5 Å². The van der Waals surface area contributed by atoms with Gasteiger partial charge in [0.1, 0.15) is 5.82 Å². The molecule has 1 unspecified atom stereocenters. The minimum atomic E-state index is -0.563. The highest BCUT2D eigenvalue weighted by atomic mass is 79.9. The number of halogens is 1. The lowest BCUT2D eigenvalue weighted by Gasteiger charge is -2.32. The van der Waals surface area contributed by atoms with Crippen molar-refractivity contribution in [1.29, 1.82) is 0 Å². The molecule has 0 spiro atoms. The van der Waals surface area contributed by atoms with Gasteiger partial charge in [-0.05, 0) is 30.5 Å². The summed E-state index contributed by atoms with van der Waals surface area (Å²) in [5.41, 5.74) is 1.62. The molecule has 2 aliphatic rings. The molecule has 0 amide bonds. The van der Waals surface area contributed by atoms with Crippen LogP contribution in [0, 0.1) is 0 Å². The number of aromatic amines is 2. The summed E-state index contributed by atoms with van der Waals surface area (Å²) in [7, 11) is 0. The maximum atomic E-state index is 12.6. The van der Waals surface area contributed by atoms with Crippen LogP contribution < -0.4 is 16.6 Å². The first kappa shape index (κ1) is 15.1. The van der Waals surface area contributed by atoms with Gasteiger partial charge in [0, 0.05) is 28.1 Å². The van der Waals surface area contributed by atoms with Gasteiger partial charge in [0.2, 0.25) is 0 Å². The second-order valence-electron chi connectivity index (χ2n) is 5.98. The number of anilines is 1. The summed E-state index contributed by atoms with van der Waals surface area (Å²) in [4.78, 5) is 41.6. The summed E-state index contributed by atoms with van der Waals surface area (Å²) >= 11 is 3.40. The Kier molecular flexibility index (Phi) is 3.53. The quantitative estimate of drug-likeness (QED) is 0.699. The molecule has 0 saturated carbocycles. The molecule has 1 aromatic heterocycles. The minimum absolute atomic E-state index is 0.0490. The molecule has 6 nitrogen and oxygen atoms in total. The van der Waals surface area contributed by atoms with Gasteiger partial charge >= 0.3 is 5.69 Å². The molecule has 0 bridgehead atoms. The van der Waals surface area contributed by atoms with Crippen molar-refractivity contribution in [3.63, 3.8) is 0 Å². The van der Waals surface area contributed by atoms with Gasteiger partial charge in [-0.15, -0.1) is 0 Å². The van der Waals surface area contributed by atoms with Gasteiger partial charge in [-0.1, -0.05) is 28.1 Å². The number of hydrogen-bond acceptors (Lipinski definition) is 4. The largest absolute Gasteiger partial charge is 0.344 e. The summed E-state index contributed by atoms with van der Waals surface area (Å²) in [5.74, 6) is -0.0456. The van der Waals surface area contributed by atoms with Crippen molar-refractivity contribution < 1.29 is 4.79 Å². The van der Waals surface area contributed by atoms with Crippen molar-refractivity contribution in [2.24, 2.45) is 0 Å². The lowest BCUT2D eigenvalue weighted by molar-refractivity contribution is -0.116. The molecule has 1 atom stereocenters. The first-order valence-electron chi connectivity index (χ1n) is 7.70. The third kappa shape index (κ3) is 2.36. The van der Waals surface area contributed by atoms with Gasteiger partial charge < -0.3 is 5.32 Å². The van der Waals surface area contributed by atoms with E-state index in [2.05, 4.69) is 31.2 Å². The van der Waals surface area contributed by atoms with Gasteiger partial charge in [-0.3, -0.25) is 19.6 Å². The highest BCUT2D eigenvalue weighted by molar-refractivity contribution is 9.10. The van der Waals surface area contributed by atoms with Gasteiger partial charge in [0.15, 0.2) is 5.78 Å². The molecule has 122 valence electrons. The Hall–Kier alpha value is -2.41. The van der Waals surface area contributed by atoms with Crippen LogP contribution in [0.1, 0.15) is 36.3 Å². The van der Waals surface area contributed by atoms with Crippen molar-refractivity contribution in [3.05, 3.63) is 72.0 Å². The number of Topliss-reactive ketones (excluding diaryl/α,β-unsaturated/α-hetero) is 1. The zero-order valence-corrected chi connectivity index (χ0v) is 14.2. The zero-order chi connectivity index (χ0) is 16.8. The number of rotatable bonds is 1. The van der Waals surface area contributed by atoms with E-state index < -0.39 is 17.2 Å². The fourth-order valence-corrected chi connectivity index (χ4v) is 3.75. The monoisotopic (exact) mass is 387 g/mol. The van der Waals surface area contributed by atoms with Crippen LogP contribution in [0.2, 0.25) is 0 Å². The van der Waals surface area contributed by atoms with Crippen LogP contribution in [0.15, 0.2) is 49.6 Å². The molecule has 24 heavy (non-hydrogen) atoms. The predicted molar refractivity (Wildman–Crippen MR) is 93.2 cm³/mol. The van der Waals surface area contributed by atoms with E-state index in [9.17, 15) is 14.4 Å². The Balaban J connectivity index is 2.01. The van der Waals surface area contributed by atoms with Gasteiger partial charge in [-0.25, -0.2) is 4.79 Å². The van der Waals surface area contributed by atoms with E-state index in [1.165, 1.54) is 0 Å². The van der Waals surface area contributed by atoms with Crippen molar-refractivity contribution in [1.82, 2.24) is 9.97 Å². The third-order valence-corrected chi connectivity index (χ3v) is 5.02. The Labute approximate surface area is 145 Å². The second-order valence-corrected chi connectivity index (χ2v) is 6.89. The molecular formula is C17H14BrN3O3. The van der Waals surface area contributed by atoms with Crippen molar-refractivity contribution in [2.45, 2.75) is 25.2 Å². The number of aromatic nitrogens is 2. The van der Waals surface area contributed by atoms with Crippen LogP contribution in [0.5, 0.6) is 0 Å². The number of fused-ring (bicyclic) bond motifs is 1. The smallest absolute Gasteiger partial charge is 0.327 e. The molecule has 1 aromatic carbocycles. The number of H-pyrrole nitrogens is 2. The van der Waals surface area contributed by atoms with E-state index in [4.69, 9.17) is 0 Å². The zero-order valence-electron chi connectivity index (χ0n) is 12.6. The molecular weight excluding hydrogens is 374 g/mol. The Bertz CT molecular complexity index is 985. The second kappa shape index (κ2) is 5.59. The normalized spacial score (nSPS) is 19.5. The first-order valence-corrected chi connectivity index (χ1v) is 8.49. The summed E-state index contributed by atoms with van der Waals surface area (Å²) in [6.45, 7) is 0. The maximum absolute atomic E-state index is 12.6. The molecule has 3 N–H and O–H groups in total. The molecule has 0 fully saturated rings. The average molecular weight is 388 g/mol. The van der Waals surface area contributed by atoms with E-state index in [1.54, 1.807) is 0 Å². The fourth-order valence-electron chi connectivity index (χ4n) is 3.48. The fraction of sp³-hybridized carbons (Fsp3) is 0.235. The van der Waals surface area contributed by atoms with E-state index >= 15 is 0 Å². The number of benzene rings is 1. The lowest BCUT2D eigenvalue weighted by Crippen LogP contribution is -2.36. The number of nitrogens with one attached hydrogen (secondary N) is 3. The minimum Gasteiger partial charge on any atom is -0.344 e. The Morgan fingerprint density at radius 1 is 1.00 bits per heavy atom. The number of allylic oxidation sites excluding steroid dienone is 2. The summed E-state index contributed by atoms with van der Waals surface area (Å²) < 4.78 is 0.917. The van der Waals surface area contributed by atoms with Crippen LogP contribution in [0.4, 0.5) is 5.82 Å². The van der Waals surface area contributed by atoms with E-state index in [0.29, 0.717) is 23.4 Å². The van der Waals surface area contributed by atoms with E-state index in [-0.39, 0.29) is 5.78 Å². The van der Waals surface area contributed by atoms with Crippen LogP contribution in [0.3, 0.4) is 0 Å². The van der Waals surface area contributed by atoms with Crippen LogP contribution in [-0.2, 0) is 4.79 Å². The average Bonchev–Trinajstić information content (AvgIpc) is 2.54. The molecule has 1 aliphatic heterocycles. The molecule has 4 rings (SSSR count). The molecule has 1 aliphatic carbocycles. The standard InChI is InChI=1S/C17H14BrN3O3/c18-9-6-4-8(5-7-9)12-13-10(2-1-3-11(13)22)19-15-14(12)16(23)21-17(24)20-15/h4-7,12H,1-3H2,(H3,19,20,21,23,24). The topological polar surface area (TPSA) is 94.8 Å². The number of carbonyl (C=O) groups is 1. The Morgan fingerprint density at radius 3 is 2.50 bits per heavy atom. The van der Waals surface area contributed by atoms with Gasteiger partial charge in [-0.2, -0.15) is 0 Å². The van der Waals surface area contributed by atoms with Crippen molar-refractivity contribution in [2.75, 3.05) is 5.32 Å². The Morgan fingerprint density at radius 2 is 1.75 bits per heavy atom. The summed E-state index contributed by atoms with van der Waals surface area (Å²) in [6, 6.07) is 7.54. The van der Waals surface area contributed by atoms with Crippen LogP contribution >= 0.6 is 15.9 Å². The predicted octanol–water partition coefficient (Wildman–Crippen LogP) is 2.39. The molecule has 7 heteroatoms. The van der Waals surface area contributed by atoms with Crippen LogP contribution in [-0.4, -0.2) is 15.8 Å². The maximum Gasteiger partial charge on any atom is 0.327 e. The van der Waals surface area contributed by atoms with Crippen molar-refractivity contribution in [3.8, 4) is 0 Å². The summed E-state index contributed by atoms with van der Waals surface area (Å²) in [6.07, 6.45) is 1.97. The van der Waals surface area contributed by atoms with E-state index in [0.717, 1.165) is 28.6 Å². The number of hydrogen-bond donors (Lipinski definition) is 3. The lowest BCUT2D eigenvalue weighted by atomic mass is 9.76. The number of carbonyl (C=O) groups excluding carboxylic acids is 1. The molecule has 0 radical (unpaired) electrons. The van der Waals surface area contributed by atoms with Gasteiger partial charge in [0.25, 0.3) is 5.56 Å². The molecule has 0 saturated heterocycles. The van der Waals surface area contributed by atoms with Crippen LogP contribution in [0.25, 0.3) is 0 Å². The van der Waals surface area contributed by atoms with Gasteiger partial charge in [0.05, 0.1) is 5.56 Å². The third-order valence-electron chi connectivity index (χ3n) is 4.49. The SMILES string of the molecule is O=C1CCCC2=C1C(c1ccc(Br)cc1)c1c([nH]c(=O)[nH]c1=O)N2. The number of ketones is 1. The highest BCUT2D eigenvalue weighted by Crippen LogP contribution is 2.42. The molecule has 2 heterocycles. The first-order chi connectivity index (χ1) is 11.5.